The second-order valence-electron chi connectivity index (χ2n) is 4.46. The van der Waals surface area contributed by atoms with Crippen LogP contribution in [0.15, 0.2) is 24.3 Å². The second-order valence-corrected chi connectivity index (χ2v) is 6.82. The molecule has 1 aromatic rings. The third-order valence-electron chi connectivity index (χ3n) is 2.99. The van der Waals surface area contributed by atoms with Gasteiger partial charge in [-0.2, -0.15) is 0 Å². The van der Waals surface area contributed by atoms with E-state index >= 15 is 0 Å². The molecule has 0 fully saturated rings. The van der Waals surface area contributed by atoms with E-state index in [2.05, 4.69) is 0 Å². The highest BCUT2D eigenvalue weighted by molar-refractivity contribution is 7.90. The molecule has 0 saturated carbocycles. The fourth-order valence-electron chi connectivity index (χ4n) is 1.53. The van der Waals surface area contributed by atoms with E-state index in [4.69, 9.17) is 9.84 Å². The van der Waals surface area contributed by atoms with Crippen LogP contribution < -0.4 is 4.74 Å². The molecule has 0 aromatic heterocycles. The van der Waals surface area contributed by atoms with E-state index in [1.807, 2.05) is 25.1 Å². The zero-order valence-electron chi connectivity index (χ0n) is 11.7. The van der Waals surface area contributed by atoms with Gasteiger partial charge in [0.05, 0.1) is 0 Å². The van der Waals surface area contributed by atoms with Crippen molar-refractivity contribution in [1.82, 2.24) is 4.31 Å². The van der Waals surface area contributed by atoms with Gasteiger partial charge in [-0.25, -0.2) is 12.7 Å². The van der Waals surface area contributed by atoms with Gasteiger partial charge in [0.15, 0.2) is 5.25 Å². The molecule has 0 aliphatic carbocycles. The van der Waals surface area contributed by atoms with E-state index in [-0.39, 0.29) is 13.2 Å². The molecule has 1 rings (SSSR count). The van der Waals surface area contributed by atoms with Crippen LogP contribution in [0.25, 0.3) is 0 Å². The number of carboxylic acid groups (broad SMARTS) is 1. The Labute approximate surface area is 119 Å². The SMILES string of the molecule is Cc1ccccc1OCCN(C)S(=O)(=O)C(C)C(=O)O. The fourth-order valence-corrected chi connectivity index (χ4v) is 2.65. The summed E-state index contributed by atoms with van der Waals surface area (Å²) in [5.74, 6) is -0.679. The number of rotatable bonds is 7. The molecule has 0 radical (unpaired) electrons. The minimum Gasteiger partial charge on any atom is -0.492 e. The van der Waals surface area contributed by atoms with Crippen molar-refractivity contribution in [3.63, 3.8) is 0 Å². The number of sulfonamides is 1. The lowest BCUT2D eigenvalue weighted by atomic mass is 10.2. The van der Waals surface area contributed by atoms with Crippen LogP contribution in [0.4, 0.5) is 0 Å². The average Bonchev–Trinajstić information content (AvgIpc) is 2.39. The van der Waals surface area contributed by atoms with Crippen LogP contribution in [0.1, 0.15) is 12.5 Å². The Balaban J connectivity index is 2.58. The summed E-state index contributed by atoms with van der Waals surface area (Å²) in [5.41, 5.74) is 0.955. The Morgan fingerprint density at radius 1 is 1.40 bits per heavy atom. The number of carbonyl (C=O) groups is 1. The number of hydrogen-bond acceptors (Lipinski definition) is 4. The Morgan fingerprint density at radius 3 is 2.55 bits per heavy atom. The highest BCUT2D eigenvalue weighted by atomic mass is 32.2. The van der Waals surface area contributed by atoms with Crippen molar-refractivity contribution in [3.05, 3.63) is 29.8 Å². The summed E-state index contributed by atoms with van der Waals surface area (Å²) in [6.45, 7) is 3.29. The Bertz CT molecular complexity index is 570. The molecule has 0 heterocycles. The van der Waals surface area contributed by atoms with Crippen molar-refractivity contribution < 1.29 is 23.1 Å². The highest BCUT2D eigenvalue weighted by Gasteiger charge is 2.31. The van der Waals surface area contributed by atoms with E-state index in [9.17, 15) is 13.2 Å². The molecule has 20 heavy (non-hydrogen) atoms. The molecule has 0 amide bonds. The number of carboxylic acids is 1. The Morgan fingerprint density at radius 2 is 2.00 bits per heavy atom. The number of likely N-dealkylation sites (N-methyl/N-ethyl adjacent to an activating group) is 1. The normalized spacial score (nSPS) is 13.2. The number of nitrogens with zero attached hydrogens (tertiary/aromatic N) is 1. The molecule has 1 atom stereocenters. The molecular formula is C13H19NO5S. The Kier molecular flexibility index (Phi) is 5.52. The quantitative estimate of drug-likeness (QED) is 0.815. The molecule has 0 aliphatic rings. The number of aryl methyl sites for hydroxylation is 1. The van der Waals surface area contributed by atoms with Crippen LogP contribution in [0.3, 0.4) is 0 Å². The number of aliphatic carboxylic acids is 1. The summed E-state index contributed by atoms with van der Waals surface area (Å²) < 4.78 is 30.2. The van der Waals surface area contributed by atoms with Crippen LogP contribution in [-0.4, -0.2) is 49.2 Å². The topological polar surface area (TPSA) is 83.9 Å². The summed E-state index contributed by atoms with van der Waals surface area (Å²) in [6, 6.07) is 7.40. The van der Waals surface area contributed by atoms with Gasteiger partial charge in [-0.1, -0.05) is 18.2 Å². The lowest BCUT2D eigenvalue weighted by molar-refractivity contribution is -0.136. The Hall–Kier alpha value is -1.60. The summed E-state index contributed by atoms with van der Waals surface area (Å²) in [4.78, 5) is 10.8. The third-order valence-corrected chi connectivity index (χ3v) is 5.13. The minimum absolute atomic E-state index is 0.0916. The summed E-state index contributed by atoms with van der Waals surface area (Å²) >= 11 is 0. The maximum atomic E-state index is 11.9. The van der Waals surface area contributed by atoms with Crippen LogP contribution >= 0.6 is 0 Å². The first-order valence-electron chi connectivity index (χ1n) is 6.13. The lowest BCUT2D eigenvalue weighted by Gasteiger charge is -2.20. The summed E-state index contributed by atoms with van der Waals surface area (Å²) in [6.07, 6.45) is 0. The standard InChI is InChI=1S/C13H19NO5S/c1-10-6-4-5-7-12(10)19-9-8-14(3)20(17,18)11(2)13(15)16/h4-7,11H,8-9H2,1-3H3,(H,15,16). The zero-order chi connectivity index (χ0) is 15.3. The van der Waals surface area contributed by atoms with E-state index in [0.717, 1.165) is 16.8 Å². The van der Waals surface area contributed by atoms with Crippen LogP contribution in [0.2, 0.25) is 0 Å². The molecule has 1 N–H and O–H groups in total. The number of ether oxygens (including phenoxy) is 1. The molecule has 0 spiro atoms. The molecule has 1 unspecified atom stereocenters. The van der Waals surface area contributed by atoms with Gasteiger partial charge in [-0.05, 0) is 25.5 Å². The van der Waals surface area contributed by atoms with E-state index in [1.54, 1.807) is 6.07 Å². The van der Waals surface area contributed by atoms with Crippen molar-refractivity contribution >= 4 is 16.0 Å². The van der Waals surface area contributed by atoms with Gasteiger partial charge in [0.1, 0.15) is 12.4 Å². The maximum Gasteiger partial charge on any atom is 0.323 e. The number of para-hydroxylation sites is 1. The lowest BCUT2D eigenvalue weighted by Crippen LogP contribution is -2.40. The van der Waals surface area contributed by atoms with Gasteiger partial charge in [0.25, 0.3) is 0 Å². The maximum absolute atomic E-state index is 11.9. The van der Waals surface area contributed by atoms with Gasteiger partial charge in [-0.3, -0.25) is 4.79 Å². The van der Waals surface area contributed by atoms with E-state index in [1.165, 1.54) is 7.05 Å². The molecule has 6 nitrogen and oxygen atoms in total. The minimum atomic E-state index is -3.85. The number of hydrogen-bond donors (Lipinski definition) is 1. The largest absolute Gasteiger partial charge is 0.492 e. The first-order valence-corrected chi connectivity index (χ1v) is 7.63. The molecule has 112 valence electrons. The molecule has 1 aromatic carbocycles. The van der Waals surface area contributed by atoms with Crippen molar-refractivity contribution in [3.8, 4) is 5.75 Å². The fraction of sp³-hybridized carbons (Fsp3) is 0.462. The van der Waals surface area contributed by atoms with Crippen LogP contribution in [-0.2, 0) is 14.8 Å². The predicted octanol–water partition coefficient (Wildman–Crippen LogP) is 1.11. The molecule has 0 bridgehead atoms. The van der Waals surface area contributed by atoms with Crippen molar-refractivity contribution in [2.45, 2.75) is 19.1 Å². The zero-order valence-corrected chi connectivity index (χ0v) is 12.6. The van der Waals surface area contributed by atoms with Gasteiger partial charge in [0, 0.05) is 13.6 Å². The number of benzene rings is 1. The predicted molar refractivity (Wildman–Crippen MR) is 75.3 cm³/mol. The van der Waals surface area contributed by atoms with Crippen LogP contribution in [0.5, 0.6) is 5.75 Å². The molecular weight excluding hydrogens is 282 g/mol. The van der Waals surface area contributed by atoms with E-state index in [0.29, 0.717) is 5.75 Å². The van der Waals surface area contributed by atoms with E-state index < -0.39 is 21.2 Å². The van der Waals surface area contributed by atoms with Crippen LogP contribution in [0, 0.1) is 6.92 Å². The van der Waals surface area contributed by atoms with Crippen molar-refractivity contribution in [2.24, 2.45) is 0 Å². The molecule has 0 saturated heterocycles. The summed E-state index contributed by atoms with van der Waals surface area (Å²) in [7, 11) is -2.51. The van der Waals surface area contributed by atoms with Crippen molar-refractivity contribution in [1.29, 1.82) is 0 Å². The third kappa shape index (κ3) is 3.94. The first-order chi connectivity index (χ1) is 9.26. The molecule has 7 heteroatoms. The second kappa shape index (κ2) is 6.71. The van der Waals surface area contributed by atoms with Gasteiger partial charge in [0.2, 0.25) is 10.0 Å². The van der Waals surface area contributed by atoms with Crippen molar-refractivity contribution in [2.75, 3.05) is 20.2 Å². The van der Waals surface area contributed by atoms with Gasteiger partial charge in [-0.15, -0.1) is 0 Å². The monoisotopic (exact) mass is 301 g/mol. The molecule has 0 aliphatic heterocycles. The average molecular weight is 301 g/mol. The smallest absolute Gasteiger partial charge is 0.323 e. The van der Waals surface area contributed by atoms with Gasteiger partial charge >= 0.3 is 5.97 Å². The highest BCUT2D eigenvalue weighted by Crippen LogP contribution is 2.16. The first kappa shape index (κ1) is 16.5. The summed E-state index contributed by atoms with van der Waals surface area (Å²) in [5, 5.41) is 7.30. The van der Waals surface area contributed by atoms with Gasteiger partial charge < -0.3 is 9.84 Å².